The van der Waals surface area contributed by atoms with E-state index in [9.17, 15) is 0 Å². The van der Waals surface area contributed by atoms with E-state index in [4.69, 9.17) is 21.3 Å². The topological polar surface area (TPSA) is 36.9 Å². The fourth-order valence-corrected chi connectivity index (χ4v) is 1.93. The Kier molecular flexibility index (Phi) is 3.68. The zero-order valence-corrected chi connectivity index (χ0v) is 11.0. The lowest BCUT2D eigenvalue weighted by atomic mass is 10.2. The number of hydrogen-bond acceptors (Lipinski definition) is 2. The second-order valence-electron chi connectivity index (χ2n) is 3.30. The maximum atomic E-state index is 8.36. The van der Waals surface area contributed by atoms with Crippen molar-refractivity contribution in [3.63, 3.8) is 0 Å². The van der Waals surface area contributed by atoms with Crippen LogP contribution in [0.15, 0.2) is 51.4 Å². The van der Waals surface area contributed by atoms with Gasteiger partial charge >= 0.3 is 0 Å². The third kappa shape index (κ3) is 2.79. The summed E-state index contributed by atoms with van der Waals surface area (Å²) in [4.78, 5) is 0. The average Bonchev–Trinajstić information content (AvgIpc) is 2.72. The van der Waals surface area contributed by atoms with Gasteiger partial charge in [-0.15, -0.1) is 0 Å². The average molecular weight is 309 g/mol. The van der Waals surface area contributed by atoms with Crippen molar-refractivity contribution in [2.45, 2.75) is 0 Å². The first-order valence-corrected chi connectivity index (χ1v) is 5.99. The molecule has 2 aromatic rings. The largest absolute Gasteiger partial charge is 0.455 e. The monoisotopic (exact) mass is 307 g/mol. The molecule has 0 spiro atoms. The van der Waals surface area contributed by atoms with Crippen molar-refractivity contribution in [2.75, 3.05) is 0 Å². The summed E-state index contributed by atoms with van der Waals surface area (Å²) in [6, 6.07) is 9.48. The summed E-state index contributed by atoms with van der Waals surface area (Å²) in [6.07, 6.45) is 4.55. The third-order valence-electron chi connectivity index (χ3n) is 2.13. The van der Waals surface area contributed by atoms with Crippen LogP contribution in [0.4, 0.5) is 0 Å². The van der Waals surface area contributed by atoms with Crippen LogP contribution in [0, 0.1) is 11.3 Å². The molecule has 1 aromatic heterocycles. The second kappa shape index (κ2) is 5.22. The normalized spacial score (nSPS) is 12.2. The third-order valence-corrected chi connectivity index (χ3v) is 2.93. The van der Waals surface area contributed by atoms with Gasteiger partial charge in [0.15, 0.2) is 0 Å². The van der Waals surface area contributed by atoms with Gasteiger partial charge < -0.3 is 4.42 Å². The summed E-state index contributed by atoms with van der Waals surface area (Å²) >= 11 is 9.44. The number of hydrogen-bond donors (Lipinski definition) is 0. The Labute approximate surface area is 112 Å². The van der Waals surface area contributed by atoms with Crippen molar-refractivity contribution in [1.29, 1.82) is 5.26 Å². The predicted molar refractivity (Wildman–Crippen MR) is 72.5 cm³/mol. The first-order chi connectivity index (χ1) is 8.20. The zero-order valence-electron chi connectivity index (χ0n) is 8.65. The molecule has 0 atom stereocenters. The number of rotatable bonds is 2. The number of halogens is 2. The molecule has 2 rings (SSSR count). The van der Waals surface area contributed by atoms with Crippen LogP contribution in [-0.4, -0.2) is 0 Å². The van der Waals surface area contributed by atoms with Crippen molar-refractivity contribution < 1.29 is 4.42 Å². The molecule has 0 saturated carbocycles. The molecule has 1 aromatic carbocycles. The molecule has 1 heterocycles. The molecule has 4 heteroatoms. The molecule has 0 N–H and O–H groups in total. The molecule has 84 valence electrons. The smallest absolute Gasteiger partial charge is 0.146 e. The maximum Gasteiger partial charge on any atom is 0.146 e. The van der Waals surface area contributed by atoms with Crippen molar-refractivity contribution in [3.05, 3.63) is 52.7 Å². The Morgan fingerprint density at radius 2 is 2.24 bits per heavy atom. The molecule has 0 aliphatic carbocycles. The van der Waals surface area contributed by atoms with E-state index in [1.165, 1.54) is 6.08 Å². The number of furan rings is 1. The Morgan fingerprint density at radius 1 is 1.41 bits per heavy atom. The highest BCUT2D eigenvalue weighted by Gasteiger charge is 2.06. The Bertz CT molecular complexity index is 649. The molecule has 0 radical (unpaired) electrons. The van der Waals surface area contributed by atoms with Crippen LogP contribution in [0.1, 0.15) is 5.76 Å². The van der Waals surface area contributed by atoms with Crippen LogP contribution in [0.5, 0.6) is 0 Å². The molecule has 0 bridgehead atoms. The van der Waals surface area contributed by atoms with Gasteiger partial charge in [0.25, 0.3) is 0 Å². The van der Waals surface area contributed by atoms with Gasteiger partial charge in [-0.05, 0) is 30.3 Å². The molecular weight excluding hydrogens is 302 g/mol. The fraction of sp³-hybridized carbons (Fsp3) is 0. The summed E-state index contributed by atoms with van der Waals surface area (Å²) < 4.78 is 6.57. The summed E-state index contributed by atoms with van der Waals surface area (Å²) in [5.74, 6) is 0.586. The lowest BCUT2D eigenvalue weighted by Crippen LogP contribution is -1.67. The van der Waals surface area contributed by atoms with E-state index in [1.54, 1.807) is 12.2 Å². The lowest BCUT2D eigenvalue weighted by Gasteiger charge is -1.89. The second-order valence-corrected chi connectivity index (χ2v) is 4.62. The summed E-state index contributed by atoms with van der Waals surface area (Å²) in [6.45, 7) is 0. The van der Waals surface area contributed by atoms with Gasteiger partial charge in [-0.2, -0.15) is 5.26 Å². The van der Waals surface area contributed by atoms with Gasteiger partial charge in [0, 0.05) is 15.9 Å². The van der Waals surface area contributed by atoms with Crippen molar-refractivity contribution in [3.8, 4) is 6.07 Å². The van der Waals surface area contributed by atoms with Gasteiger partial charge in [0.1, 0.15) is 11.3 Å². The highest BCUT2D eigenvalue weighted by atomic mass is 79.9. The van der Waals surface area contributed by atoms with Gasteiger partial charge in [0.2, 0.25) is 0 Å². The van der Waals surface area contributed by atoms with Gasteiger partial charge in [0.05, 0.1) is 11.1 Å². The van der Waals surface area contributed by atoms with E-state index in [-0.39, 0.29) is 0 Å². The molecule has 0 saturated heterocycles. The molecule has 0 unspecified atom stereocenters. The van der Waals surface area contributed by atoms with E-state index < -0.39 is 0 Å². The first-order valence-electron chi connectivity index (χ1n) is 4.82. The molecule has 17 heavy (non-hydrogen) atoms. The Hall–Kier alpha value is -1.50. The number of benzene rings is 1. The minimum Gasteiger partial charge on any atom is -0.455 e. The van der Waals surface area contributed by atoms with Crippen LogP contribution in [-0.2, 0) is 0 Å². The zero-order chi connectivity index (χ0) is 12.3. The standard InChI is InChI=1S/C13H7BrClNO/c14-10-4-5-12-9(7-10)8-13(17-12)11(15)3-1-2-6-16/h1-5,7-8H. The molecule has 0 aliphatic rings. The highest BCUT2D eigenvalue weighted by molar-refractivity contribution is 9.10. The Balaban J connectivity index is 2.40. The molecule has 0 aliphatic heterocycles. The van der Waals surface area contributed by atoms with E-state index >= 15 is 0 Å². The summed E-state index contributed by atoms with van der Waals surface area (Å²) in [7, 11) is 0. The minimum atomic E-state index is 0.462. The lowest BCUT2D eigenvalue weighted by molar-refractivity contribution is 0.602. The number of fused-ring (bicyclic) bond motifs is 1. The van der Waals surface area contributed by atoms with E-state index in [1.807, 2.05) is 30.3 Å². The maximum absolute atomic E-state index is 8.36. The van der Waals surface area contributed by atoms with Crippen LogP contribution >= 0.6 is 27.5 Å². The van der Waals surface area contributed by atoms with Crippen LogP contribution in [0.25, 0.3) is 16.0 Å². The van der Waals surface area contributed by atoms with Crippen LogP contribution in [0.2, 0.25) is 0 Å². The van der Waals surface area contributed by atoms with Crippen LogP contribution in [0.3, 0.4) is 0 Å². The van der Waals surface area contributed by atoms with Crippen molar-refractivity contribution in [1.82, 2.24) is 0 Å². The minimum absolute atomic E-state index is 0.462. The predicted octanol–water partition coefficient (Wildman–Crippen LogP) is 4.85. The first kappa shape index (κ1) is 12.0. The van der Waals surface area contributed by atoms with Crippen molar-refractivity contribution >= 4 is 43.5 Å². The van der Waals surface area contributed by atoms with Gasteiger partial charge in [-0.25, -0.2) is 0 Å². The molecular formula is C13H7BrClNO. The molecule has 0 fully saturated rings. The quantitative estimate of drug-likeness (QED) is 0.587. The highest BCUT2D eigenvalue weighted by Crippen LogP contribution is 2.28. The van der Waals surface area contributed by atoms with E-state index in [0.29, 0.717) is 10.8 Å². The SMILES string of the molecule is N#CC=CC=C(Cl)c1cc2cc(Br)ccc2o1. The molecule has 0 amide bonds. The van der Waals surface area contributed by atoms with E-state index in [2.05, 4.69) is 15.9 Å². The number of allylic oxidation sites excluding steroid dienone is 3. The van der Waals surface area contributed by atoms with Crippen molar-refractivity contribution in [2.24, 2.45) is 0 Å². The van der Waals surface area contributed by atoms with Gasteiger partial charge in [-0.3, -0.25) is 0 Å². The summed E-state index contributed by atoms with van der Waals surface area (Å²) in [5.41, 5.74) is 0.777. The fourth-order valence-electron chi connectivity index (χ4n) is 1.39. The Morgan fingerprint density at radius 3 is 3.00 bits per heavy atom. The van der Waals surface area contributed by atoms with Gasteiger partial charge in [-0.1, -0.05) is 33.6 Å². The molecule has 2 nitrogen and oxygen atoms in total. The van der Waals surface area contributed by atoms with E-state index in [0.717, 1.165) is 15.4 Å². The number of nitriles is 1. The number of nitrogens with zero attached hydrogens (tertiary/aromatic N) is 1. The van der Waals surface area contributed by atoms with Crippen LogP contribution < -0.4 is 0 Å². The summed E-state index contributed by atoms with van der Waals surface area (Å²) in [5, 5.41) is 9.80.